The van der Waals surface area contributed by atoms with Crippen molar-refractivity contribution in [2.45, 2.75) is 13.3 Å². The Morgan fingerprint density at radius 1 is 1.32 bits per heavy atom. The van der Waals surface area contributed by atoms with E-state index in [1.807, 2.05) is 31.2 Å². The smallest absolute Gasteiger partial charge is 0.230 e. The van der Waals surface area contributed by atoms with Crippen molar-refractivity contribution in [1.29, 1.82) is 0 Å². The van der Waals surface area contributed by atoms with Crippen molar-refractivity contribution in [3.63, 3.8) is 0 Å². The van der Waals surface area contributed by atoms with E-state index >= 15 is 0 Å². The van der Waals surface area contributed by atoms with E-state index in [0.29, 0.717) is 12.1 Å². The number of fused-ring (bicyclic) bond motifs is 1. The zero-order valence-corrected chi connectivity index (χ0v) is 12.4. The van der Waals surface area contributed by atoms with Gasteiger partial charge in [-0.05, 0) is 47.2 Å². The van der Waals surface area contributed by atoms with Crippen LogP contribution in [0.5, 0.6) is 0 Å². The van der Waals surface area contributed by atoms with E-state index in [4.69, 9.17) is 0 Å². The standard InChI is InChI=1S/C13H11IN4O/c1-8-11(6-9-2-4-10(14)5-3-9)12(19)13-16-15-7-18(13)17-8/h2-5,7,17H,6H2,1H3. The van der Waals surface area contributed by atoms with Crippen molar-refractivity contribution >= 4 is 28.2 Å². The molecular formula is C13H11IN4O. The molecule has 0 bridgehead atoms. The van der Waals surface area contributed by atoms with Crippen LogP contribution in [0.2, 0.25) is 0 Å². The average Bonchev–Trinajstić information content (AvgIpc) is 2.85. The molecule has 2 heterocycles. The zero-order chi connectivity index (χ0) is 13.4. The molecule has 0 spiro atoms. The maximum atomic E-state index is 12.3. The fourth-order valence-corrected chi connectivity index (χ4v) is 2.40. The number of aryl methyl sites for hydroxylation is 1. The topological polar surface area (TPSA) is 63.1 Å². The minimum absolute atomic E-state index is 0.0627. The van der Waals surface area contributed by atoms with E-state index in [1.54, 1.807) is 4.52 Å². The molecule has 3 aromatic rings. The Kier molecular flexibility index (Phi) is 3.09. The van der Waals surface area contributed by atoms with Crippen LogP contribution in [0.3, 0.4) is 0 Å². The Labute approximate surface area is 122 Å². The number of nitrogens with zero attached hydrogens (tertiary/aromatic N) is 3. The normalized spacial score (nSPS) is 11.1. The van der Waals surface area contributed by atoms with Crippen LogP contribution in [0.15, 0.2) is 35.4 Å². The Bertz CT molecular complexity index is 789. The Morgan fingerprint density at radius 3 is 2.79 bits per heavy atom. The molecule has 0 amide bonds. The molecule has 0 unspecified atom stereocenters. The number of rotatable bonds is 2. The maximum Gasteiger partial charge on any atom is 0.230 e. The fraction of sp³-hybridized carbons (Fsp3) is 0.154. The highest BCUT2D eigenvalue weighted by Gasteiger charge is 2.11. The Balaban J connectivity index is 2.09. The molecule has 0 aliphatic carbocycles. The number of hydrogen-bond donors (Lipinski definition) is 1. The van der Waals surface area contributed by atoms with Crippen molar-refractivity contribution in [2.24, 2.45) is 0 Å². The number of hydrogen-bond acceptors (Lipinski definition) is 3. The van der Waals surface area contributed by atoms with Gasteiger partial charge >= 0.3 is 0 Å². The van der Waals surface area contributed by atoms with Crippen molar-refractivity contribution in [3.05, 3.63) is 61.2 Å². The lowest BCUT2D eigenvalue weighted by Crippen LogP contribution is -2.17. The number of nitrogens with one attached hydrogen (secondary N) is 1. The predicted molar refractivity (Wildman–Crippen MR) is 80.3 cm³/mol. The molecule has 96 valence electrons. The average molecular weight is 366 g/mol. The van der Waals surface area contributed by atoms with Crippen LogP contribution in [0.4, 0.5) is 0 Å². The SMILES string of the molecule is Cc1[nH]n2cnnc2c(=O)c1Cc1ccc(I)cc1. The van der Waals surface area contributed by atoms with Gasteiger partial charge in [0.15, 0.2) is 0 Å². The molecule has 3 rings (SSSR count). The van der Waals surface area contributed by atoms with Gasteiger partial charge in [0.25, 0.3) is 0 Å². The molecule has 0 fully saturated rings. The first kappa shape index (κ1) is 12.3. The highest BCUT2D eigenvalue weighted by molar-refractivity contribution is 14.1. The minimum atomic E-state index is -0.0627. The molecule has 0 radical (unpaired) electrons. The Morgan fingerprint density at radius 2 is 2.05 bits per heavy atom. The molecule has 1 N–H and O–H groups in total. The summed E-state index contributed by atoms with van der Waals surface area (Å²) < 4.78 is 2.73. The molecule has 6 heteroatoms. The summed E-state index contributed by atoms with van der Waals surface area (Å²) in [6, 6.07) is 8.15. The third kappa shape index (κ3) is 2.27. The van der Waals surface area contributed by atoms with Gasteiger partial charge in [-0.2, -0.15) is 0 Å². The van der Waals surface area contributed by atoms with Gasteiger partial charge < -0.3 is 0 Å². The second kappa shape index (κ2) is 4.76. The molecular weight excluding hydrogens is 355 g/mol. The number of aromatic amines is 1. The summed E-state index contributed by atoms with van der Waals surface area (Å²) >= 11 is 2.26. The van der Waals surface area contributed by atoms with Gasteiger partial charge in [0.2, 0.25) is 11.1 Å². The van der Waals surface area contributed by atoms with Crippen molar-refractivity contribution in [1.82, 2.24) is 19.8 Å². The largest absolute Gasteiger partial charge is 0.295 e. The second-order valence-corrected chi connectivity index (χ2v) is 5.62. The van der Waals surface area contributed by atoms with Crippen molar-refractivity contribution < 1.29 is 0 Å². The van der Waals surface area contributed by atoms with Crippen LogP contribution in [-0.2, 0) is 6.42 Å². The molecule has 5 nitrogen and oxygen atoms in total. The highest BCUT2D eigenvalue weighted by atomic mass is 127. The summed E-state index contributed by atoms with van der Waals surface area (Å²) in [5.41, 5.74) is 2.97. The van der Waals surface area contributed by atoms with Crippen LogP contribution in [0.1, 0.15) is 16.8 Å². The Hall–Kier alpha value is -1.70. The first-order valence-electron chi connectivity index (χ1n) is 5.81. The van der Waals surface area contributed by atoms with E-state index in [1.165, 1.54) is 9.90 Å². The summed E-state index contributed by atoms with van der Waals surface area (Å²) in [5.74, 6) is 0. The van der Waals surface area contributed by atoms with Gasteiger partial charge in [-0.1, -0.05) is 12.1 Å². The molecule has 2 aromatic heterocycles. The third-order valence-corrected chi connectivity index (χ3v) is 3.78. The number of halogens is 1. The molecule has 0 atom stereocenters. The van der Waals surface area contributed by atoms with Gasteiger partial charge in [-0.15, -0.1) is 10.2 Å². The summed E-state index contributed by atoms with van der Waals surface area (Å²) in [4.78, 5) is 12.3. The minimum Gasteiger partial charge on any atom is -0.295 e. The second-order valence-electron chi connectivity index (χ2n) is 4.37. The van der Waals surface area contributed by atoms with Crippen molar-refractivity contribution in [3.8, 4) is 0 Å². The van der Waals surface area contributed by atoms with Crippen LogP contribution < -0.4 is 5.43 Å². The number of benzene rings is 1. The maximum absolute atomic E-state index is 12.3. The zero-order valence-electron chi connectivity index (χ0n) is 10.2. The van der Waals surface area contributed by atoms with E-state index in [2.05, 4.69) is 37.9 Å². The molecule has 0 saturated carbocycles. The first-order valence-corrected chi connectivity index (χ1v) is 6.89. The van der Waals surface area contributed by atoms with Crippen molar-refractivity contribution in [2.75, 3.05) is 0 Å². The molecule has 1 aromatic carbocycles. The van der Waals surface area contributed by atoms with Crippen LogP contribution in [-0.4, -0.2) is 19.8 Å². The monoisotopic (exact) mass is 366 g/mol. The molecule has 0 aliphatic heterocycles. The summed E-state index contributed by atoms with van der Waals surface area (Å²) in [6.07, 6.45) is 2.10. The summed E-state index contributed by atoms with van der Waals surface area (Å²) in [6.45, 7) is 1.89. The lowest BCUT2D eigenvalue weighted by atomic mass is 10.0. The van der Waals surface area contributed by atoms with Gasteiger partial charge in [0, 0.05) is 21.2 Å². The summed E-state index contributed by atoms with van der Waals surface area (Å²) in [5, 5.41) is 10.7. The predicted octanol–water partition coefficient (Wildman–Crippen LogP) is 1.92. The number of H-pyrrole nitrogens is 1. The van der Waals surface area contributed by atoms with E-state index in [0.717, 1.165) is 16.8 Å². The van der Waals surface area contributed by atoms with Gasteiger partial charge in [-0.3, -0.25) is 9.89 Å². The number of aromatic nitrogens is 4. The van der Waals surface area contributed by atoms with E-state index in [9.17, 15) is 4.79 Å². The molecule has 19 heavy (non-hydrogen) atoms. The molecule has 0 aliphatic rings. The fourth-order valence-electron chi connectivity index (χ4n) is 2.04. The van der Waals surface area contributed by atoms with Gasteiger partial charge in [0.1, 0.15) is 6.33 Å². The van der Waals surface area contributed by atoms with Crippen LogP contribution >= 0.6 is 22.6 Å². The quantitative estimate of drug-likeness (QED) is 0.705. The summed E-state index contributed by atoms with van der Waals surface area (Å²) in [7, 11) is 0. The lowest BCUT2D eigenvalue weighted by molar-refractivity contribution is 0.865. The highest BCUT2D eigenvalue weighted by Crippen LogP contribution is 2.12. The lowest BCUT2D eigenvalue weighted by Gasteiger charge is -2.06. The van der Waals surface area contributed by atoms with Crippen LogP contribution in [0.25, 0.3) is 5.65 Å². The van der Waals surface area contributed by atoms with E-state index in [-0.39, 0.29) is 5.43 Å². The van der Waals surface area contributed by atoms with Crippen LogP contribution in [0, 0.1) is 10.5 Å². The third-order valence-electron chi connectivity index (χ3n) is 3.06. The first-order chi connectivity index (χ1) is 9.15. The van der Waals surface area contributed by atoms with Gasteiger partial charge in [0.05, 0.1) is 0 Å². The van der Waals surface area contributed by atoms with E-state index < -0.39 is 0 Å². The molecule has 0 saturated heterocycles. The van der Waals surface area contributed by atoms with Gasteiger partial charge in [-0.25, -0.2) is 4.52 Å².